The van der Waals surface area contributed by atoms with Crippen molar-refractivity contribution in [2.75, 3.05) is 14.1 Å². The Bertz CT molecular complexity index is 696. The molecule has 8 heteroatoms. The van der Waals surface area contributed by atoms with Gasteiger partial charge in [-0.3, -0.25) is 4.79 Å². The number of nitrogens with zero attached hydrogens (tertiary/aromatic N) is 5. The quantitative estimate of drug-likeness (QED) is 0.842. The minimum absolute atomic E-state index is 0.146. The zero-order valence-corrected chi connectivity index (χ0v) is 14.0. The van der Waals surface area contributed by atoms with Crippen molar-refractivity contribution in [3.05, 3.63) is 29.4 Å². The Morgan fingerprint density at radius 1 is 1.43 bits per heavy atom. The van der Waals surface area contributed by atoms with Gasteiger partial charge in [0, 0.05) is 30.9 Å². The summed E-state index contributed by atoms with van der Waals surface area (Å²) in [7, 11) is 6.03. The van der Waals surface area contributed by atoms with E-state index in [0.717, 1.165) is 36.7 Å². The first-order chi connectivity index (χ1) is 10.9. The number of aryl methyl sites for hydroxylation is 1. The van der Waals surface area contributed by atoms with Crippen LogP contribution in [0, 0.1) is 6.92 Å². The topological polar surface area (TPSA) is 91.7 Å². The number of rotatable bonds is 5. The molecular weight excluding hydrogens is 294 g/mol. The fourth-order valence-corrected chi connectivity index (χ4v) is 2.88. The summed E-state index contributed by atoms with van der Waals surface area (Å²) in [6, 6.07) is 0.173. The molecule has 0 atom stereocenters. The van der Waals surface area contributed by atoms with E-state index < -0.39 is 0 Å². The van der Waals surface area contributed by atoms with Crippen LogP contribution in [0.2, 0.25) is 0 Å². The highest BCUT2D eigenvalue weighted by molar-refractivity contribution is 5.90. The highest BCUT2D eigenvalue weighted by Crippen LogP contribution is 2.36. The molecule has 2 N–H and O–H groups in total. The van der Waals surface area contributed by atoms with Crippen LogP contribution in [-0.4, -0.2) is 55.7 Å². The first-order valence-corrected chi connectivity index (χ1v) is 7.79. The summed E-state index contributed by atoms with van der Waals surface area (Å²) < 4.78 is 2.07. The molecule has 3 rings (SSSR count). The number of carbonyl (C=O) groups excluding carboxylic acids is 1. The summed E-state index contributed by atoms with van der Waals surface area (Å²) in [5, 5.41) is 11.6. The Labute approximate surface area is 135 Å². The van der Waals surface area contributed by atoms with Gasteiger partial charge in [-0.25, -0.2) is 4.98 Å². The molecule has 0 aliphatic heterocycles. The van der Waals surface area contributed by atoms with Crippen LogP contribution in [0.5, 0.6) is 0 Å². The number of aromatic amines is 1. The molecule has 0 bridgehead atoms. The highest BCUT2D eigenvalue weighted by atomic mass is 16.2. The van der Waals surface area contributed by atoms with Gasteiger partial charge in [-0.2, -0.15) is 0 Å². The SMILES string of the molecule is Cc1cnc(C(=O)NC2CC(c3nnc(CN(C)C)n3C)C2)[nH]1. The molecule has 8 nitrogen and oxygen atoms in total. The monoisotopic (exact) mass is 317 g/mol. The van der Waals surface area contributed by atoms with Crippen LogP contribution >= 0.6 is 0 Å². The molecule has 0 saturated heterocycles. The van der Waals surface area contributed by atoms with E-state index in [1.54, 1.807) is 6.20 Å². The van der Waals surface area contributed by atoms with Crippen LogP contribution in [-0.2, 0) is 13.6 Å². The van der Waals surface area contributed by atoms with Crippen molar-refractivity contribution >= 4 is 5.91 Å². The van der Waals surface area contributed by atoms with Gasteiger partial charge in [0.1, 0.15) is 11.6 Å². The predicted octanol–water partition coefficient (Wildman–Crippen LogP) is 0.584. The van der Waals surface area contributed by atoms with E-state index >= 15 is 0 Å². The van der Waals surface area contributed by atoms with Gasteiger partial charge in [-0.1, -0.05) is 0 Å². The fourth-order valence-electron chi connectivity index (χ4n) is 2.88. The van der Waals surface area contributed by atoms with E-state index in [2.05, 4.69) is 34.9 Å². The van der Waals surface area contributed by atoms with E-state index in [-0.39, 0.29) is 11.9 Å². The average molecular weight is 317 g/mol. The smallest absolute Gasteiger partial charge is 0.287 e. The molecular formula is C15H23N7O. The van der Waals surface area contributed by atoms with E-state index in [1.165, 1.54) is 0 Å². The molecule has 1 saturated carbocycles. The molecule has 1 aliphatic rings. The molecule has 2 heterocycles. The van der Waals surface area contributed by atoms with Crippen molar-refractivity contribution in [1.29, 1.82) is 0 Å². The fraction of sp³-hybridized carbons (Fsp3) is 0.600. The molecule has 23 heavy (non-hydrogen) atoms. The highest BCUT2D eigenvalue weighted by Gasteiger charge is 2.35. The molecule has 0 unspecified atom stereocenters. The van der Waals surface area contributed by atoms with E-state index in [4.69, 9.17) is 0 Å². The Kier molecular flexibility index (Phi) is 4.16. The normalized spacial score (nSPS) is 20.6. The minimum Gasteiger partial charge on any atom is -0.347 e. The maximum absolute atomic E-state index is 12.1. The minimum atomic E-state index is -0.146. The summed E-state index contributed by atoms with van der Waals surface area (Å²) in [6.45, 7) is 2.65. The summed E-state index contributed by atoms with van der Waals surface area (Å²) in [4.78, 5) is 21.1. The second-order valence-electron chi connectivity index (χ2n) is 6.52. The van der Waals surface area contributed by atoms with Crippen LogP contribution in [0.25, 0.3) is 0 Å². The summed E-state index contributed by atoms with van der Waals surface area (Å²) >= 11 is 0. The maximum Gasteiger partial charge on any atom is 0.287 e. The lowest BCUT2D eigenvalue weighted by atomic mass is 9.79. The van der Waals surface area contributed by atoms with Gasteiger partial charge in [0.25, 0.3) is 5.91 Å². The summed E-state index contributed by atoms with van der Waals surface area (Å²) in [5.74, 6) is 2.54. The van der Waals surface area contributed by atoms with Gasteiger partial charge in [-0.15, -0.1) is 10.2 Å². The maximum atomic E-state index is 12.1. The standard InChI is InChI=1S/C15H23N7O/c1-9-7-16-13(17-9)15(23)18-11-5-10(6-11)14-20-19-12(22(14)4)8-21(2)3/h7,10-11H,5-6,8H2,1-4H3,(H,16,17)(H,18,23). The number of aromatic nitrogens is 5. The number of carbonyl (C=O) groups is 1. The molecule has 1 fully saturated rings. The van der Waals surface area contributed by atoms with Crippen LogP contribution in [0.4, 0.5) is 0 Å². The Hall–Kier alpha value is -2.22. The van der Waals surface area contributed by atoms with E-state index in [1.807, 2.05) is 28.1 Å². The number of hydrogen-bond donors (Lipinski definition) is 2. The average Bonchev–Trinajstić information content (AvgIpc) is 3.01. The van der Waals surface area contributed by atoms with Crippen LogP contribution in [0.15, 0.2) is 6.20 Å². The number of nitrogens with one attached hydrogen (secondary N) is 2. The lowest BCUT2D eigenvalue weighted by Gasteiger charge is -2.34. The van der Waals surface area contributed by atoms with Gasteiger partial charge in [0.05, 0.1) is 6.54 Å². The van der Waals surface area contributed by atoms with Crippen molar-refractivity contribution in [3.8, 4) is 0 Å². The Morgan fingerprint density at radius 2 is 2.17 bits per heavy atom. The molecule has 1 aliphatic carbocycles. The van der Waals surface area contributed by atoms with Gasteiger partial charge < -0.3 is 19.8 Å². The number of amides is 1. The van der Waals surface area contributed by atoms with Crippen LogP contribution < -0.4 is 5.32 Å². The van der Waals surface area contributed by atoms with Crippen molar-refractivity contribution in [3.63, 3.8) is 0 Å². The van der Waals surface area contributed by atoms with Crippen molar-refractivity contribution in [1.82, 2.24) is 34.9 Å². The zero-order chi connectivity index (χ0) is 16.6. The van der Waals surface area contributed by atoms with Crippen LogP contribution in [0.1, 0.15) is 46.7 Å². The molecule has 0 spiro atoms. The van der Waals surface area contributed by atoms with Crippen molar-refractivity contribution in [2.24, 2.45) is 7.05 Å². The molecule has 0 aromatic carbocycles. The number of H-pyrrole nitrogens is 1. The van der Waals surface area contributed by atoms with Crippen molar-refractivity contribution < 1.29 is 4.79 Å². The van der Waals surface area contributed by atoms with Crippen molar-refractivity contribution in [2.45, 2.75) is 38.3 Å². The third-order valence-electron chi connectivity index (χ3n) is 4.21. The van der Waals surface area contributed by atoms with E-state index in [0.29, 0.717) is 11.7 Å². The van der Waals surface area contributed by atoms with Gasteiger partial charge in [0.15, 0.2) is 5.82 Å². The summed E-state index contributed by atoms with van der Waals surface area (Å²) in [6.07, 6.45) is 3.43. The second-order valence-corrected chi connectivity index (χ2v) is 6.52. The Balaban J connectivity index is 1.55. The van der Waals surface area contributed by atoms with Gasteiger partial charge in [-0.05, 0) is 33.9 Å². The van der Waals surface area contributed by atoms with Crippen LogP contribution in [0.3, 0.4) is 0 Å². The zero-order valence-electron chi connectivity index (χ0n) is 14.0. The molecule has 2 aromatic rings. The lowest BCUT2D eigenvalue weighted by Crippen LogP contribution is -2.44. The first-order valence-electron chi connectivity index (χ1n) is 7.79. The third-order valence-corrected chi connectivity index (χ3v) is 4.21. The third kappa shape index (κ3) is 3.26. The summed E-state index contributed by atoms with van der Waals surface area (Å²) in [5.41, 5.74) is 0.883. The molecule has 0 radical (unpaired) electrons. The van der Waals surface area contributed by atoms with Gasteiger partial charge in [0.2, 0.25) is 0 Å². The molecule has 2 aromatic heterocycles. The second kappa shape index (κ2) is 6.11. The van der Waals surface area contributed by atoms with E-state index in [9.17, 15) is 4.79 Å². The number of imidazole rings is 1. The number of hydrogen-bond acceptors (Lipinski definition) is 5. The molecule has 1 amide bonds. The first kappa shape index (κ1) is 15.7. The largest absolute Gasteiger partial charge is 0.347 e. The predicted molar refractivity (Wildman–Crippen MR) is 84.9 cm³/mol. The van der Waals surface area contributed by atoms with Gasteiger partial charge >= 0.3 is 0 Å². The lowest BCUT2D eigenvalue weighted by molar-refractivity contribution is 0.0897. The Morgan fingerprint density at radius 3 is 2.78 bits per heavy atom. The molecule has 124 valence electrons.